The van der Waals surface area contributed by atoms with Gasteiger partial charge in [0.05, 0.1) is 6.20 Å². The van der Waals surface area contributed by atoms with Crippen molar-refractivity contribution in [3.63, 3.8) is 0 Å². The van der Waals surface area contributed by atoms with Crippen LogP contribution in [0.2, 0.25) is 5.02 Å². The van der Waals surface area contributed by atoms with Crippen LogP contribution in [-0.2, 0) is 0 Å². The SMILES string of the molecule is CNc1c(Cl)cnn1C(C)C. The molecule has 0 spiro atoms. The molecule has 3 nitrogen and oxygen atoms in total. The first-order valence-corrected chi connectivity index (χ1v) is 3.95. The molecule has 0 amide bonds. The van der Waals surface area contributed by atoms with Crippen molar-refractivity contribution < 1.29 is 0 Å². The minimum Gasteiger partial charge on any atom is -0.372 e. The van der Waals surface area contributed by atoms with E-state index >= 15 is 0 Å². The molecule has 1 aromatic heterocycles. The first kappa shape index (κ1) is 8.40. The number of anilines is 1. The van der Waals surface area contributed by atoms with E-state index in [1.807, 2.05) is 11.7 Å². The van der Waals surface area contributed by atoms with E-state index in [0.29, 0.717) is 11.1 Å². The summed E-state index contributed by atoms with van der Waals surface area (Å²) in [5.41, 5.74) is 0. The second-order valence-electron chi connectivity index (χ2n) is 2.63. The van der Waals surface area contributed by atoms with Crippen molar-refractivity contribution in [3.05, 3.63) is 11.2 Å². The van der Waals surface area contributed by atoms with Gasteiger partial charge in [0.15, 0.2) is 0 Å². The lowest BCUT2D eigenvalue weighted by molar-refractivity contribution is 0.539. The molecule has 0 aliphatic heterocycles. The highest BCUT2D eigenvalue weighted by atomic mass is 35.5. The van der Waals surface area contributed by atoms with E-state index in [1.54, 1.807) is 6.20 Å². The summed E-state index contributed by atoms with van der Waals surface area (Å²) in [6.45, 7) is 4.12. The van der Waals surface area contributed by atoms with Gasteiger partial charge < -0.3 is 5.32 Å². The van der Waals surface area contributed by atoms with E-state index in [-0.39, 0.29) is 0 Å². The van der Waals surface area contributed by atoms with Crippen molar-refractivity contribution in [1.82, 2.24) is 9.78 Å². The molecular weight excluding hydrogens is 162 g/mol. The minimum atomic E-state index is 0.338. The summed E-state index contributed by atoms with van der Waals surface area (Å²) in [7, 11) is 1.84. The number of nitrogens with one attached hydrogen (secondary N) is 1. The van der Waals surface area contributed by atoms with Crippen LogP contribution in [0.1, 0.15) is 19.9 Å². The van der Waals surface area contributed by atoms with Crippen LogP contribution in [0.15, 0.2) is 6.20 Å². The number of hydrogen-bond donors (Lipinski definition) is 1. The fourth-order valence-electron chi connectivity index (χ4n) is 0.967. The van der Waals surface area contributed by atoms with Gasteiger partial charge in [-0.25, -0.2) is 4.68 Å². The zero-order valence-electron chi connectivity index (χ0n) is 6.93. The van der Waals surface area contributed by atoms with E-state index in [1.165, 1.54) is 0 Å². The Bertz CT molecular complexity index is 242. The molecule has 0 aliphatic carbocycles. The lowest BCUT2D eigenvalue weighted by Gasteiger charge is -2.09. The summed E-state index contributed by atoms with van der Waals surface area (Å²) < 4.78 is 1.85. The van der Waals surface area contributed by atoms with Crippen LogP contribution in [0.25, 0.3) is 0 Å². The summed E-state index contributed by atoms with van der Waals surface area (Å²) in [6.07, 6.45) is 1.65. The zero-order chi connectivity index (χ0) is 8.43. The fraction of sp³-hybridized carbons (Fsp3) is 0.571. The van der Waals surface area contributed by atoms with Crippen LogP contribution < -0.4 is 5.32 Å². The van der Waals surface area contributed by atoms with Crippen LogP contribution in [0, 0.1) is 0 Å². The monoisotopic (exact) mass is 173 g/mol. The second-order valence-corrected chi connectivity index (χ2v) is 3.04. The normalized spacial score (nSPS) is 10.6. The maximum absolute atomic E-state index is 5.84. The van der Waals surface area contributed by atoms with Gasteiger partial charge in [-0.2, -0.15) is 5.10 Å². The van der Waals surface area contributed by atoms with Crippen molar-refractivity contribution in [2.45, 2.75) is 19.9 Å². The standard InChI is InChI=1S/C7H12ClN3/c1-5(2)11-7(9-3)6(8)4-10-11/h4-5,9H,1-3H3. The van der Waals surface area contributed by atoms with Crippen molar-refractivity contribution in [2.75, 3.05) is 12.4 Å². The largest absolute Gasteiger partial charge is 0.372 e. The maximum atomic E-state index is 5.84. The van der Waals surface area contributed by atoms with Gasteiger partial charge in [0, 0.05) is 13.1 Å². The van der Waals surface area contributed by atoms with E-state index in [9.17, 15) is 0 Å². The van der Waals surface area contributed by atoms with Crippen LogP contribution in [0.3, 0.4) is 0 Å². The molecular formula is C7H12ClN3. The van der Waals surface area contributed by atoms with E-state index < -0.39 is 0 Å². The molecule has 1 heterocycles. The van der Waals surface area contributed by atoms with E-state index in [4.69, 9.17) is 11.6 Å². The van der Waals surface area contributed by atoms with Gasteiger partial charge in [-0.05, 0) is 13.8 Å². The van der Waals surface area contributed by atoms with Crippen LogP contribution in [0.4, 0.5) is 5.82 Å². The van der Waals surface area contributed by atoms with Crippen molar-refractivity contribution in [1.29, 1.82) is 0 Å². The highest BCUT2D eigenvalue weighted by molar-refractivity contribution is 6.32. The Kier molecular flexibility index (Phi) is 2.39. The third-order valence-corrected chi connectivity index (χ3v) is 1.75. The molecule has 1 rings (SSSR count). The van der Waals surface area contributed by atoms with Gasteiger partial charge in [0.2, 0.25) is 0 Å². The first-order valence-electron chi connectivity index (χ1n) is 3.57. The number of rotatable bonds is 2. The Balaban J connectivity index is 3.05. The van der Waals surface area contributed by atoms with Gasteiger partial charge in [0.25, 0.3) is 0 Å². The molecule has 0 fully saturated rings. The summed E-state index contributed by atoms with van der Waals surface area (Å²) in [5, 5.41) is 7.77. The summed E-state index contributed by atoms with van der Waals surface area (Å²) >= 11 is 5.84. The first-order chi connectivity index (χ1) is 5.16. The Morgan fingerprint density at radius 3 is 2.64 bits per heavy atom. The Hall–Kier alpha value is -0.700. The van der Waals surface area contributed by atoms with Crippen LogP contribution in [-0.4, -0.2) is 16.8 Å². The van der Waals surface area contributed by atoms with Crippen molar-refractivity contribution in [3.8, 4) is 0 Å². The topological polar surface area (TPSA) is 29.9 Å². The second kappa shape index (κ2) is 3.13. The number of nitrogens with zero attached hydrogens (tertiary/aromatic N) is 2. The molecule has 1 aromatic rings. The average Bonchev–Trinajstić information content (AvgIpc) is 2.30. The number of aromatic nitrogens is 2. The number of hydrogen-bond acceptors (Lipinski definition) is 2. The Labute approximate surface area is 71.4 Å². The van der Waals surface area contributed by atoms with Crippen molar-refractivity contribution >= 4 is 17.4 Å². The lowest BCUT2D eigenvalue weighted by Crippen LogP contribution is -2.06. The molecule has 0 aromatic carbocycles. The molecule has 0 radical (unpaired) electrons. The van der Waals surface area contributed by atoms with Gasteiger partial charge in [-0.15, -0.1) is 0 Å². The van der Waals surface area contributed by atoms with E-state index in [2.05, 4.69) is 24.3 Å². The molecule has 0 saturated carbocycles. The van der Waals surface area contributed by atoms with Crippen LogP contribution >= 0.6 is 11.6 Å². The summed E-state index contributed by atoms with van der Waals surface area (Å²) in [5.74, 6) is 0.877. The Morgan fingerprint density at radius 2 is 2.27 bits per heavy atom. The molecule has 0 saturated heterocycles. The predicted octanol–water partition coefficient (Wildman–Crippen LogP) is 2.16. The molecule has 4 heteroatoms. The molecule has 0 aliphatic rings. The molecule has 1 N–H and O–H groups in total. The maximum Gasteiger partial charge on any atom is 0.143 e. The van der Waals surface area contributed by atoms with Gasteiger partial charge >= 0.3 is 0 Å². The van der Waals surface area contributed by atoms with Crippen molar-refractivity contribution in [2.24, 2.45) is 0 Å². The average molecular weight is 174 g/mol. The zero-order valence-corrected chi connectivity index (χ0v) is 7.68. The Morgan fingerprint density at radius 1 is 1.64 bits per heavy atom. The minimum absolute atomic E-state index is 0.338. The third kappa shape index (κ3) is 1.48. The third-order valence-electron chi connectivity index (χ3n) is 1.48. The summed E-state index contributed by atoms with van der Waals surface area (Å²) in [6, 6.07) is 0.338. The van der Waals surface area contributed by atoms with Gasteiger partial charge in [0.1, 0.15) is 10.8 Å². The molecule has 11 heavy (non-hydrogen) atoms. The smallest absolute Gasteiger partial charge is 0.143 e. The molecule has 0 atom stereocenters. The molecule has 0 unspecified atom stereocenters. The highest BCUT2D eigenvalue weighted by Gasteiger charge is 2.08. The fourth-order valence-corrected chi connectivity index (χ4v) is 1.19. The predicted molar refractivity (Wildman–Crippen MR) is 47.2 cm³/mol. The summed E-state index contributed by atoms with van der Waals surface area (Å²) in [4.78, 5) is 0. The lowest BCUT2D eigenvalue weighted by atomic mass is 10.4. The quantitative estimate of drug-likeness (QED) is 0.743. The highest BCUT2D eigenvalue weighted by Crippen LogP contribution is 2.23. The molecule has 0 bridgehead atoms. The van der Waals surface area contributed by atoms with Gasteiger partial charge in [-0.3, -0.25) is 0 Å². The molecule has 62 valence electrons. The number of halogens is 1. The van der Waals surface area contributed by atoms with Crippen LogP contribution in [0.5, 0.6) is 0 Å². The van der Waals surface area contributed by atoms with E-state index in [0.717, 1.165) is 5.82 Å². The van der Waals surface area contributed by atoms with Gasteiger partial charge in [-0.1, -0.05) is 11.6 Å².